The van der Waals surface area contributed by atoms with Gasteiger partial charge >= 0.3 is 0 Å². The van der Waals surface area contributed by atoms with Gasteiger partial charge in [0.1, 0.15) is 4.90 Å². The molecular weight excluding hydrogens is 328 g/mol. The number of aromatic nitrogens is 2. The van der Waals surface area contributed by atoms with Crippen LogP contribution in [0.15, 0.2) is 11.1 Å². The molecular formula is C16H28N4O3S. The Morgan fingerprint density at radius 1 is 1.38 bits per heavy atom. The number of sulfonamides is 1. The summed E-state index contributed by atoms with van der Waals surface area (Å²) in [6.07, 6.45) is 5.57. The average Bonchev–Trinajstić information content (AvgIpc) is 3.09. The van der Waals surface area contributed by atoms with Gasteiger partial charge in [-0.05, 0) is 33.9 Å². The van der Waals surface area contributed by atoms with E-state index in [1.165, 1.54) is 6.20 Å². The Morgan fingerprint density at radius 2 is 2.04 bits per heavy atom. The maximum absolute atomic E-state index is 13.4. The number of aryl methyl sites for hydroxylation is 1. The Kier molecular flexibility index (Phi) is 4.76. The van der Waals surface area contributed by atoms with E-state index in [1.807, 2.05) is 19.0 Å². The predicted octanol–water partition coefficient (Wildman–Crippen LogP) is 0.992. The highest BCUT2D eigenvalue weighted by Crippen LogP contribution is 2.39. The summed E-state index contributed by atoms with van der Waals surface area (Å²) in [5.41, 5.74) is 0.372. The minimum atomic E-state index is -3.59. The van der Waals surface area contributed by atoms with E-state index in [9.17, 15) is 8.42 Å². The van der Waals surface area contributed by atoms with E-state index in [-0.39, 0.29) is 11.6 Å². The van der Waals surface area contributed by atoms with E-state index in [0.29, 0.717) is 30.3 Å². The summed E-state index contributed by atoms with van der Waals surface area (Å²) in [7, 11) is 2.10. The zero-order valence-electron chi connectivity index (χ0n) is 15.0. The van der Waals surface area contributed by atoms with Crippen LogP contribution in [0.25, 0.3) is 0 Å². The van der Waals surface area contributed by atoms with E-state index in [1.54, 1.807) is 23.0 Å². The number of hydrogen-bond donors (Lipinski definition) is 0. The first-order chi connectivity index (χ1) is 11.3. The van der Waals surface area contributed by atoms with Gasteiger partial charge in [0.15, 0.2) is 0 Å². The van der Waals surface area contributed by atoms with Crippen LogP contribution in [0.2, 0.25) is 0 Å². The quantitative estimate of drug-likeness (QED) is 0.805. The molecule has 0 bridgehead atoms. The first kappa shape index (κ1) is 17.8. The van der Waals surface area contributed by atoms with Crippen molar-refractivity contribution in [3.05, 3.63) is 11.9 Å². The second kappa shape index (κ2) is 6.40. The second-order valence-corrected chi connectivity index (χ2v) is 9.24. The molecule has 2 aliphatic rings. The van der Waals surface area contributed by atoms with Crippen LogP contribution in [0.1, 0.15) is 31.4 Å². The molecule has 1 unspecified atom stereocenters. The summed E-state index contributed by atoms with van der Waals surface area (Å²) in [6, 6.07) is -0.171. The predicted molar refractivity (Wildman–Crippen MR) is 91.3 cm³/mol. The first-order valence-electron chi connectivity index (χ1n) is 8.54. The highest BCUT2D eigenvalue weighted by Gasteiger charge is 2.47. The maximum atomic E-state index is 13.4. The first-order valence-corrected chi connectivity index (χ1v) is 9.98. The number of likely N-dealkylation sites (N-methyl/N-ethyl adjacent to an activating group) is 1. The molecule has 1 saturated carbocycles. The molecule has 1 aromatic heterocycles. The monoisotopic (exact) mass is 356 g/mol. The smallest absolute Gasteiger partial charge is 0.246 e. The van der Waals surface area contributed by atoms with Crippen LogP contribution in [-0.4, -0.2) is 72.8 Å². The van der Waals surface area contributed by atoms with Crippen molar-refractivity contribution in [1.29, 1.82) is 0 Å². The third-order valence-corrected chi connectivity index (χ3v) is 7.30. The average molecular weight is 356 g/mol. The standard InChI is InChI=1S/C16H28N4O3S/c1-13-15(9-17-19(13)4)24(21,22)20-12-16(7-5-6-8-16)23-11-14(20)10-18(2)3/h9,14H,5-8,10-12H2,1-4H3. The molecule has 1 atom stereocenters. The fourth-order valence-corrected chi connectivity index (χ4v) is 5.70. The normalized spacial score (nSPS) is 25.0. The topological polar surface area (TPSA) is 67.7 Å². The van der Waals surface area contributed by atoms with Crippen molar-refractivity contribution < 1.29 is 13.2 Å². The fraction of sp³-hybridized carbons (Fsp3) is 0.812. The molecule has 1 saturated heterocycles. The number of morpholine rings is 1. The Morgan fingerprint density at radius 3 is 2.58 bits per heavy atom. The van der Waals surface area contributed by atoms with Crippen molar-refractivity contribution in [2.75, 3.05) is 33.8 Å². The molecule has 0 radical (unpaired) electrons. The van der Waals surface area contributed by atoms with Gasteiger partial charge in [-0.15, -0.1) is 0 Å². The zero-order chi connectivity index (χ0) is 17.5. The summed E-state index contributed by atoms with van der Waals surface area (Å²) in [4.78, 5) is 2.32. The number of nitrogens with zero attached hydrogens (tertiary/aromatic N) is 4. The highest BCUT2D eigenvalue weighted by molar-refractivity contribution is 7.89. The Hall–Kier alpha value is -0.960. The lowest BCUT2D eigenvalue weighted by Crippen LogP contribution is -2.59. The van der Waals surface area contributed by atoms with Gasteiger partial charge in [-0.1, -0.05) is 12.8 Å². The molecule has 3 rings (SSSR count). The van der Waals surface area contributed by atoms with Crippen LogP contribution in [0, 0.1) is 6.92 Å². The summed E-state index contributed by atoms with van der Waals surface area (Å²) in [5, 5.41) is 4.12. The minimum Gasteiger partial charge on any atom is -0.372 e. The van der Waals surface area contributed by atoms with Gasteiger partial charge in [-0.3, -0.25) is 4.68 Å². The Bertz CT molecular complexity index is 692. The van der Waals surface area contributed by atoms with Crippen molar-refractivity contribution in [2.24, 2.45) is 7.05 Å². The molecule has 0 amide bonds. The molecule has 1 spiro atoms. The third kappa shape index (κ3) is 3.12. The summed E-state index contributed by atoms with van der Waals surface area (Å²) in [6.45, 7) is 3.35. The summed E-state index contributed by atoms with van der Waals surface area (Å²) in [5.74, 6) is 0. The molecule has 2 heterocycles. The van der Waals surface area contributed by atoms with E-state index in [4.69, 9.17) is 4.74 Å². The SMILES string of the molecule is Cc1c(S(=O)(=O)N2CC3(CCCC3)OCC2CN(C)C)cnn1C. The van der Waals surface area contributed by atoms with Crippen LogP contribution in [0.3, 0.4) is 0 Å². The molecule has 0 N–H and O–H groups in total. The van der Waals surface area contributed by atoms with E-state index in [0.717, 1.165) is 25.7 Å². The van der Waals surface area contributed by atoms with Gasteiger partial charge in [0.05, 0.1) is 30.1 Å². The fourth-order valence-electron chi connectivity index (χ4n) is 3.84. The van der Waals surface area contributed by atoms with Gasteiger partial charge in [-0.25, -0.2) is 8.42 Å². The third-order valence-electron chi connectivity index (χ3n) is 5.30. The lowest BCUT2D eigenvalue weighted by atomic mass is 9.99. The lowest BCUT2D eigenvalue weighted by Gasteiger charge is -2.45. The number of ether oxygens (including phenoxy) is 1. The van der Waals surface area contributed by atoms with Crippen molar-refractivity contribution in [2.45, 2.75) is 49.1 Å². The summed E-state index contributed by atoms with van der Waals surface area (Å²) < 4.78 is 36.2. The molecule has 1 aromatic rings. The van der Waals surface area contributed by atoms with Gasteiger partial charge in [0.2, 0.25) is 10.0 Å². The van der Waals surface area contributed by atoms with Crippen LogP contribution >= 0.6 is 0 Å². The van der Waals surface area contributed by atoms with E-state index >= 15 is 0 Å². The van der Waals surface area contributed by atoms with Crippen molar-refractivity contribution in [3.63, 3.8) is 0 Å². The van der Waals surface area contributed by atoms with Crippen LogP contribution < -0.4 is 0 Å². The van der Waals surface area contributed by atoms with Gasteiger partial charge in [0.25, 0.3) is 0 Å². The molecule has 1 aliphatic heterocycles. The largest absolute Gasteiger partial charge is 0.372 e. The molecule has 24 heavy (non-hydrogen) atoms. The molecule has 136 valence electrons. The maximum Gasteiger partial charge on any atom is 0.246 e. The molecule has 8 heteroatoms. The summed E-state index contributed by atoms with van der Waals surface area (Å²) >= 11 is 0. The van der Waals surface area contributed by atoms with Crippen molar-refractivity contribution >= 4 is 10.0 Å². The van der Waals surface area contributed by atoms with Gasteiger partial charge < -0.3 is 9.64 Å². The van der Waals surface area contributed by atoms with Crippen LogP contribution in [0.5, 0.6) is 0 Å². The van der Waals surface area contributed by atoms with Crippen LogP contribution in [0.4, 0.5) is 0 Å². The second-order valence-electron chi connectivity index (χ2n) is 7.39. The molecule has 2 fully saturated rings. The molecule has 0 aromatic carbocycles. The van der Waals surface area contributed by atoms with Crippen molar-refractivity contribution in [1.82, 2.24) is 19.0 Å². The highest BCUT2D eigenvalue weighted by atomic mass is 32.2. The Balaban J connectivity index is 1.96. The van der Waals surface area contributed by atoms with Crippen molar-refractivity contribution in [3.8, 4) is 0 Å². The number of hydrogen-bond acceptors (Lipinski definition) is 5. The minimum absolute atomic E-state index is 0.171. The van der Waals surface area contributed by atoms with E-state index < -0.39 is 10.0 Å². The lowest BCUT2D eigenvalue weighted by molar-refractivity contribution is -0.109. The molecule has 7 nitrogen and oxygen atoms in total. The number of rotatable bonds is 4. The van der Waals surface area contributed by atoms with E-state index in [2.05, 4.69) is 5.10 Å². The van der Waals surface area contributed by atoms with Crippen LogP contribution in [-0.2, 0) is 21.8 Å². The van der Waals surface area contributed by atoms with Gasteiger partial charge in [-0.2, -0.15) is 9.40 Å². The van der Waals surface area contributed by atoms with Gasteiger partial charge in [0, 0.05) is 20.1 Å². The zero-order valence-corrected chi connectivity index (χ0v) is 15.8. The Labute approximate surface area is 144 Å². The molecule has 1 aliphatic carbocycles.